The smallest absolute Gasteiger partial charge is 0.202 e. The van der Waals surface area contributed by atoms with Crippen LogP contribution in [0.5, 0.6) is 0 Å². The molecular formula is C9H17N3O. The molecule has 1 heterocycles. The van der Waals surface area contributed by atoms with E-state index in [-0.39, 0.29) is 0 Å². The molecular weight excluding hydrogens is 166 g/mol. The van der Waals surface area contributed by atoms with E-state index in [4.69, 9.17) is 4.74 Å². The summed E-state index contributed by atoms with van der Waals surface area (Å²) in [5.41, 5.74) is 0. The number of unbranched alkanes of at least 4 members (excludes halogenated alkanes) is 1. The highest BCUT2D eigenvalue weighted by atomic mass is 16.5. The van der Waals surface area contributed by atoms with Crippen LogP contribution in [0.3, 0.4) is 0 Å². The van der Waals surface area contributed by atoms with Gasteiger partial charge in [-0.25, -0.2) is 4.98 Å². The number of nitrogens with zero attached hydrogens (tertiary/aromatic N) is 2. The van der Waals surface area contributed by atoms with E-state index in [0.29, 0.717) is 0 Å². The summed E-state index contributed by atoms with van der Waals surface area (Å²) >= 11 is 0. The Bertz CT molecular complexity index is 235. The summed E-state index contributed by atoms with van der Waals surface area (Å²) in [6, 6.07) is 0. The van der Waals surface area contributed by atoms with Gasteiger partial charge in [0.2, 0.25) is 5.95 Å². The van der Waals surface area contributed by atoms with Crippen LogP contribution in [0.25, 0.3) is 0 Å². The lowest BCUT2D eigenvalue weighted by molar-refractivity contribution is 0.193. The van der Waals surface area contributed by atoms with Crippen LogP contribution >= 0.6 is 0 Å². The van der Waals surface area contributed by atoms with Crippen LogP contribution in [-0.2, 0) is 11.8 Å². The second-order valence-corrected chi connectivity index (χ2v) is 2.99. The predicted octanol–water partition coefficient (Wildman–Crippen LogP) is 1.26. The fraction of sp³-hybridized carbons (Fsp3) is 0.667. The van der Waals surface area contributed by atoms with Gasteiger partial charge in [0.05, 0.1) is 0 Å². The number of aryl methyl sites for hydroxylation is 1. The predicted molar refractivity (Wildman–Crippen MR) is 52.8 cm³/mol. The van der Waals surface area contributed by atoms with Gasteiger partial charge in [0, 0.05) is 39.7 Å². The summed E-state index contributed by atoms with van der Waals surface area (Å²) in [6.45, 7) is 1.79. The SMILES string of the molecule is COCCCCNc1nccn1C. The summed E-state index contributed by atoms with van der Waals surface area (Å²) in [5, 5.41) is 3.25. The molecule has 1 aromatic rings. The zero-order valence-corrected chi connectivity index (χ0v) is 8.29. The minimum Gasteiger partial charge on any atom is -0.385 e. The van der Waals surface area contributed by atoms with E-state index in [1.54, 1.807) is 13.3 Å². The molecule has 1 rings (SSSR count). The molecule has 0 saturated heterocycles. The molecule has 0 radical (unpaired) electrons. The van der Waals surface area contributed by atoms with Crippen molar-refractivity contribution >= 4 is 5.95 Å². The van der Waals surface area contributed by atoms with Crippen LogP contribution in [0.4, 0.5) is 5.95 Å². The fourth-order valence-electron chi connectivity index (χ4n) is 1.11. The van der Waals surface area contributed by atoms with Crippen LogP contribution < -0.4 is 5.32 Å². The summed E-state index contributed by atoms with van der Waals surface area (Å²) in [6.07, 6.45) is 5.92. The number of hydrogen-bond acceptors (Lipinski definition) is 3. The first kappa shape index (κ1) is 10.1. The average molecular weight is 183 g/mol. The Labute approximate surface area is 78.9 Å². The van der Waals surface area contributed by atoms with Gasteiger partial charge in [-0.2, -0.15) is 0 Å². The molecule has 0 fully saturated rings. The van der Waals surface area contributed by atoms with Crippen molar-refractivity contribution in [3.8, 4) is 0 Å². The number of ether oxygens (including phenoxy) is 1. The van der Waals surface area contributed by atoms with Crippen molar-refractivity contribution in [2.75, 3.05) is 25.6 Å². The molecule has 4 nitrogen and oxygen atoms in total. The molecule has 0 bridgehead atoms. The van der Waals surface area contributed by atoms with Crippen LogP contribution in [0.1, 0.15) is 12.8 Å². The molecule has 0 amide bonds. The van der Waals surface area contributed by atoms with Gasteiger partial charge < -0.3 is 14.6 Å². The number of nitrogens with one attached hydrogen (secondary N) is 1. The molecule has 0 saturated carbocycles. The van der Waals surface area contributed by atoms with E-state index in [1.807, 2.05) is 17.8 Å². The van der Waals surface area contributed by atoms with Crippen molar-refractivity contribution in [1.29, 1.82) is 0 Å². The first-order valence-corrected chi connectivity index (χ1v) is 4.54. The Balaban J connectivity index is 2.10. The maximum atomic E-state index is 4.95. The largest absolute Gasteiger partial charge is 0.385 e. The van der Waals surface area contributed by atoms with Gasteiger partial charge in [-0.3, -0.25) is 0 Å². The van der Waals surface area contributed by atoms with Gasteiger partial charge in [0.25, 0.3) is 0 Å². The summed E-state index contributed by atoms with van der Waals surface area (Å²) in [5.74, 6) is 0.928. The van der Waals surface area contributed by atoms with Crippen molar-refractivity contribution < 1.29 is 4.74 Å². The van der Waals surface area contributed by atoms with E-state index in [2.05, 4.69) is 10.3 Å². The average Bonchev–Trinajstić information content (AvgIpc) is 2.52. The number of methoxy groups -OCH3 is 1. The minimum absolute atomic E-state index is 0.836. The topological polar surface area (TPSA) is 39.1 Å². The van der Waals surface area contributed by atoms with Gasteiger partial charge >= 0.3 is 0 Å². The lowest BCUT2D eigenvalue weighted by atomic mass is 10.3. The van der Waals surface area contributed by atoms with E-state index < -0.39 is 0 Å². The van der Waals surface area contributed by atoms with Gasteiger partial charge in [0.1, 0.15) is 0 Å². The molecule has 0 spiro atoms. The molecule has 0 aliphatic heterocycles. The Morgan fingerprint density at radius 3 is 3.00 bits per heavy atom. The van der Waals surface area contributed by atoms with Gasteiger partial charge in [0.15, 0.2) is 0 Å². The van der Waals surface area contributed by atoms with Crippen molar-refractivity contribution in [1.82, 2.24) is 9.55 Å². The normalized spacial score (nSPS) is 10.3. The molecule has 1 N–H and O–H groups in total. The second kappa shape index (κ2) is 5.59. The monoisotopic (exact) mass is 183 g/mol. The van der Waals surface area contributed by atoms with E-state index >= 15 is 0 Å². The zero-order chi connectivity index (χ0) is 9.52. The summed E-state index contributed by atoms with van der Waals surface area (Å²) in [7, 11) is 3.71. The second-order valence-electron chi connectivity index (χ2n) is 2.99. The Morgan fingerprint density at radius 1 is 1.54 bits per heavy atom. The van der Waals surface area contributed by atoms with Crippen molar-refractivity contribution in [2.45, 2.75) is 12.8 Å². The summed E-state index contributed by atoms with van der Waals surface area (Å²) in [4.78, 5) is 4.15. The molecule has 0 unspecified atom stereocenters. The van der Waals surface area contributed by atoms with E-state index in [9.17, 15) is 0 Å². The first-order valence-electron chi connectivity index (χ1n) is 4.54. The maximum Gasteiger partial charge on any atom is 0.202 e. The standard InChI is InChI=1S/C9H17N3O/c1-12-7-6-11-9(12)10-5-3-4-8-13-2/h6-7H,3-5,8H2,1-2H3,(H,10,11). The quantitative estimate of drug-likeness (QED) is 0.675. The fourth-order valence-corrected chi connectivity index (χ4v) is 1.11. The van der Waals surface area contributed by atoms with Gasteiger partial charge in [-0.05, 0) is 12.8 Å². The highest BCUT2D eigenvalue weighted by molar-refractivity contribution is 5.24. The molecule has 0 aliphatic rings. The lowest BCUT2D eigenvalue weighted by Crippen LogP contribution is -2.07. The lowest BCUT2D eigenvalue weighted by Gasteiger charge is -2.04. The highest BCUT2D eigenvalue weighted by Gasteiger charge is 1.95. The van der Waals surface area contributed by atoms with E-state index in [0.717, 1.165) is 31.9 Å². The first-order chi connectivity index (χ1) is 6.34. The van der Waals surface area contributed by atoms with Gasteiger partial charge in [-0.1, -0.05) is 0 Å². The van der Waals surface area contributed by atoms with Crippen molar-refractivity contribution in [3.63, 3.8) is 0 Å². The number of anilines is 1. The number of aromatic nitrogens is 2. The van der Waals surface area contributed by atoms with Crippen LogP contribution in [0, 0.1) is 0 Å². The molecule has 1 aromatic heterocycles. The molecule has 0 atom stereocenters. The third-order valence-corrected chi connectivity index (χ3v) is 1.88. The Morgan fingerprint density at radius 2 is 2.38 bits per heavy atom. The third-order valence-electron chi connectivity index (χ3n) is 1.88. The molecule has 74 valence electrons. The molecule has 4 heteroatoms. The molecule has 0 aromatic carbocycles. The molecule has 13 heavy (non-hydrogen) atoms. The maximum absolute atomic E-state index is 4.95. The highest BCUT2D eigenvalue weighted by Crippen LogP contribution is 2.00. The number of hydrogen-bond donors (Lipinski definition) is 1. The number of imidazole rings is 1. The third kappa shape index (κ3) is 3.46. The Kier molecular flexibility index (Phi) is 4.32. The zero-order valence-electron chi connectivity index (χ0n) is 8.29. The van der Waals surface area contributed by atoms with Crippen molar-refractivity contribution in [2.24, 2.45) is 7.05 Å². The number of rotatable bonds is 6. The van der Waals surface area contributed by atoms with Crippen molar-refractivity contribution in [3.05, 3.63) is 12.4 Å². The summed E-state index contributed by atoms with van der Waals surface area (Å²) < 4.78 is 6.92. The van der Waals surface area contributed by atoms with E-state index in [1.165, 1.54) is 0 Å². The van der Waals surface area contributed by atoms with Gasteiger partial charge in [-0.15, -0.1) is 0 Å². The van der Waals surface area contributed by atoms with Crippen LogP contribution in [-0.4, -0.2) is 29.8 Å². The molecule has 0 aliphatic carbocycles. The van der Waals surface area contributed by atoms with Crippen LogP contribution in [0.2, 0.25) is 0 Å². The Hall–Kier alpha value is -1.03. The minimum atomic E-state index is 0.836. The van der Waals surface area contributed by atoms with Crippen LogP contribution in [0.15, 0.2) is 12.4 Å².